The number of likely N-dealkylation sites (N-methyl/N-ethyl adjacent to an activating group) is 1. The number of hydrogen-bond donors (Lipinski definition) is 1. The Kier molecular flexibility index (Phi) is 6.63. The first kappa shape index (κ1) is 17.8. The molecule has 0 aliphatic rings. The van der Waals surface area contributed by atoms with Crippen LogP contribution in [0.1, 0.15) is 6.92 Å². The highest BCUT2D eigenvalue weighted by Gasteiger charge is 2.14. The summed E-state index contributed by atoms with van der Waals surface area (Å²) in [5, 5.41) is 3.16. The zero-order chi connectivity index (χ0) is 17.4. The molecule has 0 radical (unpaired) electrons. The molecule has 0 aromatic heterocycles. The Morgan fingerprint density at radius 2 is 1.75 bits per heavy atom. The van der Waals surface area contributed by atoms with Gasteiger partial charge in [-0.1, -0.05) is 29.8 Å². The summed E-state index contributed by atoms with van der Waals surface area (Å²) < 4.78 is 5.33. The van der Waals surface area contributed by atoms with Gasteiger partial charge in [-0.2, -0.15) is 0 Å². The third-order valence-corrected chi connectivity index (χ3v) is 3.56. The summed E-state index contributed by atoms with van der Waals surface area (Å²) in [5.74, 6) is 0.00584. The van der Waals surface area contributed by atoms with E-state index in [9.17, 15) is 9.59 Å². The third-order valence-electron chi connectivity index (χ3n) is 3.31. The summed E-state index contributed by atoms with van der Waals surface area (Å²) in [6.07, 6.45) is 0. The quantitative estimate of drug-likeness (QED) is 0.838. The SMILES string of the molecule is CCN(C(=O)CNC(=O)COc1ccc(Cl)cc1)c1ccccc1. The molecule has 0 bridgehead atoms. The maximum Gasteiger partial charge on any atom is 0.258 e. The van der Waals surface area contributed by atoms with E-state index >= 15 is 0 Å². The van der Waals surface area contributed by atoms with Crippen molar-refractivity contribution in [1.82, 2.24) is 5.32 Å². The van der Waals surface area contributed by atoms with Gasteiger partial charge >= 0.3 is 0 Å². The average Bonchev–Trinajstić information content (AvgIpc) is 2.61. The van der Waals surface area contributed by atoms with Crippen molar-refractivity contribution >= 4 is 29.1 Å². The molecular formula is C18H19ClN2O3. The lowest BCUT2D eigenvalue weighted by Crippen LogP contribution is -2.41. The number of nitrogens with zero attached hydrogens (tertiary/aromatic N) is 1. The molecule has 0 heterocycles. The Hall–Kier alpha value is -2.53. The number of carbonyl (C=O) groups is 2. The van der Waals surface area contributed by atoms with Crippen LogP contribution in [-0.2, 0) is 9.59 Å². The highest BCUT2D eigenvalue weighted by Crippen LogP contribution is 2.15. The predicted octanol–water partition coefficient (Wildman–Crippen LogP) is 2.89. The van der Waals surface area contributed by atoms with Crippen LogP contribution < -0.4 is 15.0 Å². The Morgan fingerprint density at radius 1 is 1.08 bits per heavy atom. The molecule has 2 aromatic rings. The van der Waals surface area contributed by atoms with Crippen LogP contribution in [0.4, 0.5) is 5.69 Å². The highest BCUT2D eigenvalue weighted by molar-refractivity contribution is 6.30. The van der Waals surface area contributed by atoms with E-state index in [0.717, 1.165) is 5.69 Å². The lowest BCUT2D eigenvalue weighted by Gasteiger charge is -2.21. The summed E-state index contributed by atoms with van der Waals surface area (Å²) in [6, 6.07) is 16.0. The standard InChI is InChI=1S/C18H19ClN2O3/c1-2-21(15-6-4-3-5-7-15)18(23)12-20-17(22)13-24-16-10-8-14(19)9-11-16/h3-11H,2,12-13H2,1H3,(H,20,22). The summed E-state index contributed by atoms with van der Waals surface area (Å²) in [7, 11) is 0. The van der Waals surface area contributed by atoms with Gasteiger partial charge in [-0.3, -0.25) is 9.59 Å². The molecule has 2 aromatic carbocycles. The molecule has 126 valence electrons. The molecule has 2 rings (SSSR count). The number of rotatable bonds is 7. The molecule has 0 saturated carbocycles. The molecule has 6 heteroatoms. The minimum Gasteiger partial charge on any atom is -0.484 e. The second-order valence-electron chi connectivity index (χ2n) is 4.99. The predicted molar refractivity (Wildman–Crippen MR) is 94.4 cm³/mol. The monoisotopic (exact) mass is 346 g/mol. The average molecular weight is 347 g/mol. The van der Waals surface area contributed by atoms with Crippen molar-refractivity contribution < 1.29 is 14.3 Å². The Bertz CT molecular complexity index is 674. The van der Waals surface area contributed by atoms with Crippen molar-refractivity contribution in [2.24, 2.45) is 0 Å². The van der Waals surface area contributed by atoms with Crippen molar-refractivity contribution in [3.05, 3.63) is 59.6 Å². The first-order valence-corrected chi connectivity index (χ1v) is 7.98. The molecule has 1 N–H and O–H groups in total. The van der Waals surface area contributed by atoms with Crippen molar-refractivity contribution in [3.8, 4) is 5.75 Å². The molecule has 0 aliphatic heterocycles. The van der Waals surface area contributed by atoms with E-state index in [1.807, 2.05) is 37.3 Å². The molecule has 5 nitrogen and oxygen atoms in total. The fourth-order valence-electron chi connectivity index (χ4n) is 2.11. The maximum atomic E-state index is 12.2. The van der Waals surface area contributed by atoms with Gasteiger partial charge in [0.25, 0.3) is 5.91 Å². The van der Waals surface area contributed by atoms with Crippen LogP contribution in [0.5, 0.6) is 5.75 Å². The van der Waals surface area contributed by atoms with Gasteiger partial charge in [-0.25, -0.2) is 0 Å². The number of carbonyl (C=O) groups excluding carboxylic acids is 2. The van der Waals surface area contributed by atoms with E-state index in [2.05, 4.69) is 5.32 Å². The van der Waals surface area contributed by atoms with Gasteiger partial charge in [-0.05, 0) is 43.3 Å². The lowest BCUT2D eigenvalue weighted by molar-refractivity contribution is -0.126. The Morgan fingerprint density at radius 3 is 2.38 bits per heavy atom. The van der Waals surface area contributed by atoms with Gasteiger partial charge in [-0.15, -0.1) is 0 Å². The molecule has 0 fully saturated rings. The molecule has 24 heavy (non-hydrogen) atoms. The van der Waals surface area contributed by atoms with Crippen LogP contribution in [0.3, 0.4) is 0 Å². The second kappa shape index (κ2) is 8.93. The lowest BCUT2D eigenvalue weighted by atomic mass is 10.3. The van der Waals surface area contributed by atoms with Crippen molar-refractivity contribution in [2.45, 2.75) is 6.92 Å². The number of hydrogen-bond acceptors (Lipinski definition) is 3. The Balaban J connectivity index is 1.80. The topological polar surface area (TPSA) is 58.6 Å². The minimum atomic E-state index is -0.359. The summed E-state index contributed by atoms with van der Waals surface area (Å²) in [5.41, 5.74) is 0.802. The fourth-order valence-corrected chi connectivity index (χ4v) is 2.24. The first-order valence-electron chi connectivity index (χ1n) is 7.60. The van der Waals surface area contributed by atoms with Gasteiger partial charge in [0.05, 0.1) is 6.54 Å². The van der Waals surface area contributed by atoms with Gasteiger partial charge in [0.2, 0.25) is 5.91 Å². The van der Waals surface area contributed by atoms with Crippen LogP contribution in [-0.4, -0.2) is 31.5 Å². The van der Waals surface area contributed by atoms with E-state index in [4.69, 9.17) is 16.3 Å². The molecular weight excluding hydrogens is 328 g/mol. The van der Waals surface area contributed by atoms with E-state index in [0.29, 0.717) is 17.3 Å². The van der Waals surface area contributed by atoms with Crippen molar-refractivity contribution in [1.29, 1.82) is 0 Å². The summed E-state index contributed by atoms with van der Waals surface area (Å²) >= 11 is 5.78. The molecule has 0 spiro atoms. The van der Waals surface area contributed by atoms with Crippen LogP contribution in [0.25, 0.3) is 0 Å². The largest absolute Gasteiger partial charge is 0.484 e. The number of nitrogens with one attached hydrogen (secondary N) is 1. The maximum absolute atomic E-state index is 12.2. The first-order chi connectivity index (χ1) is 11.6. The fraction of sp³-hybridized carbons (Fsp3) is 0.222. The normalized spacial score (nSPS) is 10.1. The number of benzene rings is 2. The van der Waals surface area contributed by atoms with Crippen LogP contribution >= 0.6 is 11.6 Å². The summed E-state index contributed by atoms with van der Waals surface area (Å²) in [6.45, 7) is 2.17. The molecule has 0 saturated heterocycles. The number of amides is 2. The Labute approximate surface area is 146 Å². The minimum absolute atomic E-state index is 0.0778. The zero-order valence-corrected chi connectivity index (χ0v) is 14.1. The smallest absolute Gasteiger partial charge is 0.258 e. The van der Waals surface area contributed by atoms with Crippen LogP contribution in [0.2, 0.25) is 5.02 Å². The van der Waals surface area contributed by atoms with Crippen LogP contribution in [0.15, 0.2) is 54.6 Å². The zero-order valence-electron chi connectivity index (χ0n) is 13.4. The van der Waals surface area contributed by atoms with Gasteiger partial charge in [0.15, 0.2) is 6.61 Å². The number of para-hydroxylation sites is 1. The molecule has 0 unspecified atom stereocenters. The van der Waals surface area contributed by atoms with E-state index in [1.165, 1.54) is 0 Å². The van der Waals surface area contributed by atoms with Crippen molar-refractivity contribution in [2.75, 3.05) is 24.6 Å². The van der Waals surface area contributed by atoms with Gasteiger partial charge < -0.3 is 15.0 Å². The second-order valence-corrected chi connectivity index (χ2v) is 5.43. The van der Waals surface area contributed by atoms with Gasteiger partial charge in [0.1, 0.15) is 5.75 Å². The van der Waals surface area contributed by atoms with Crippen molar-refractivity contribution in [3.63, 3.8) is 0 Å². The number of anilines is 1. The number of ether oxygens (including phenoxy) is 1. The molecule has 0 aliphatic carbocycles. The van der Waals surface area contributed by atoms with Gasteiger partial charge in [0, 0.05) is 17.3 Å². The van der Waals surface area contributed by atoms with E-state index in [-0.39, 0.29) is 25.0 Å². The third kappa shape index (κ3) is 5.28. The molecule has 2 amide bonds. The van der Waals surface area contributed by atoms with Crippen LogP contribution in [0, 0.1) is 0 Å². The highest BCUT2D eigenvalue weighted by atomic mass is 35.5. The number of halogens is 1. The molecule has 0 atom stereocenters. The summed E-state index contributed by atoms with van der Waals surface area (Å²) in [4.78, 5) is 25.7. The van der Waals surface area contributed by atoms with E-state index < -0.39 is 0 Å². The van der Waals surface area contributed by atoms with E-state index in [1.54, 1.807) is 29.2 Å².